The topological polar surface area (TPSA) is 80.8 Å². The fourth-order valence-electron chi connectivity index (χ4n) is 7.62. The summed E-state index contributed by atoms with van der Waals surface area (Å²) < 4.78 is 33.9. The first-order valence-corrected chi connectivity index (χ1v) is 14.2. The monoisotopic (exact) mass is 583 g/mol. The minimum absolute atomic E-state index is 0.246. The van der Waals surface area contributed by atoms with E-state index in [0.29, 0.717) is 28.7 Å². The van der Waals surface area contributed by atoms with Gasteiger partial charge in [-0.3, -0.25) is 19.2 Å². The highest BCUT2D eigenvalue weighted by molar-refractivity contribution is 6.15. The molecular formula is C35H31F2NO5. The summed E-state index contributed by atoms with van der Waals surface area (Å²) in [6.45, 7) is 5.10. The van der Waals surface area contributed by atoms with E-state index in [1.807, 2.05) is 0 Å². The molecule has 3 aromatic carbocycles. The number of aldehydes is 1. The summed E-state index contributed by atoms with van der Waals surface area (Å²) in [6.07, 6.45) is 2.36. The minimum atomic E-state index is -1.62. The highest BCUT2D eigenvalue weighted by atomic mass is 19.1. The van der Waals surface area contributed by atoms with Crippen LogP contribution in [0.3, 0.4) is 0 Å². The van der Waals surface area contributed by atoms with Crippen molar-refractivity contribution in [2.75, 3.05) is 11.9 Å². The van der Waals surface area contributed by atoms with Crippen LogP contribution in [0.2, 0.25) is 0 Å². The van der Waals surface area contributed by atoms with Crippen LogP contribution in [-0.4, -0.2) is 36.6 Å². The van der Waals surface area contributed by atoms with Crippen LogP contribution >= 0.6 is 0 Å². The Balaban J connectivity index is 1.67. The average molecular weight is 584 g/mol. The molecule has 0 radical (unpaired) electrons. The number of hydrogen-bond acceptors (Lipinski definition) is 5. The number of benzene rings is 3. The van der Waals surface area contributed by atoms with Gasteiger partial charge in [-0.1, -0.05) is 48.5 Å². The van der Waals surface area contributed by atoms with Gasteiger partial charge in [0.1, 0.15) is 29.4 Å². The van der Waals surface area contributed by atoms with Crippen LogP contribution in [0.4, 0.5) is 14.5 Å². The summed E-state index contributed by atoms with van der Waals surface area (Å²) >= 11 is 0. The molecule has 1 fully saturated rings. The SMILES string of the molecule is CN1C(=O)[C@]2(c3ccccc31)[C@@H]1C(=O)[C@@H](C(=O)OC(C)(C)C)[C@H](c3ccc(F)cc3)[C@H]1C=C(C=O)[C@H]2c1ccc(F)cc1. The van der Waals surface area contributed by atoms with E-state index >= 15 is 0 Å². The predicted octanol–water partition coefficient (Wildman–Crippen LogP) is 5.66. The van der Waals surface area contributed by atoms with Crippen molar-refractivity contribution in [3.8, 4) is 0 Å². The Morgan fingerprint density at radius 1 is 0.907 bits per heavy atom. The highest BCUT2D eigenvalue weighted by Gasteiger charge is 2.71. The zero-order valence-corrected chi connectivity index (χ0v) is 24.2. The van der Waals surface area contributed by atoms with E-state index in [4.69, 9.17) is 4.74 Å². The maximum absolute atomic E-state index is 14.8. The molecule has 1 amide bonds. The molecule has 220 valence electrons. The third-order valence-electron chi connectivity index (χ3n) is 9.06. The van der Waals surface area contributed by atoms with Gasteiger partial charge in [-0.25, -0.2) is 8.78 Å². The first-order valence-electron chi connectivity index (χ1n) is 14.2. The number of ketones is 1. The van der Waals surface area contributed by atoms with Crippen molar-refractivity contribution in [1.29, 1.82) is 0 Å². The number of amides is 1. The Labute approximate surface area is 248 Å². The number of anilines is 1. The van der Waals surface area contributed by atoms with Crippen LogP contribution in [0.5, 0.6) is 0 Å². The molecule has 1 heterocycles. The van der Waals surface area contributed by atoms with Gasteiger partial charge >= 0.3 is 5.97 Å². The maximum atomic E-state index is 14.8. The summed E-state index contributed by atoms with van der Waals surface area (Å²) in [5.74, 6) is -7.57. The predicted molar refractivity (Wildman–Crippen MR) is 155 cm³/mol. The molecule has 6 nitrogen and oxygen atoms in total. The molecular weight excluding hydrogens is 552 g/mol. The fraction of sp³-hybridized carbons (Fsp3) is 0.314. The number of para-hydroxylation sites is 1. The summed E-state index contributed by atoms with van der Waals surface area (Å²) in [7, 11) is 1.62. The van der Waals surface area contributed by atoms with Crippen LogP contribution in [0.15, 0.2) is 84.4 Å². The second kappa shape index (κ2) is 10.1. The first-order chi connectivity index (χ1) is 20.4. The molecule has 6 atom stereocenters. The van der Waals surface area contributed by atoms with Gasteiger partial charge in [-0.2, -0.15) is 0 Å². The van der Waals surface area contributed by atoms with Crippen LogP contribution < -0.4 is 4.90 Å². The number of hydrogen-bond donors (Lipinski definition) is 0. The zero-order chi connectivity index (χ0) is 30.8. The molecule has 1 aliphatic heterocycles. The Kier molecular flexibility index (Phi) is 6.71. The summed E-state index contributed by atoms with van der Waals surface area (Å²) in [6, 6.07) is 18.2. The van der Waals surface area contributed by atoms with E-state index in [9.17, 15) is 28.0 Å². The third kappa shape index (κ3) is 4.26. The van der Waals surface area contributed by atoms with Gasteiger partial charge in [0.2, 0.25) is 5.91 Å². The fourth-order valence-corrected chi connectivity index (χ4v) is 7.62. The number of Topliss-reactive ketones (excluding diaryl/α,β-unsaturated/α-hetero) is 1. The van der Waals surface area contributed by atoms with Crippen molar-refractivity contribution in [2.24, 2.45) is 17.8 Å². The van der Waals surface area contributed by atoms with Crippen molar-refractivity contribution in [1.82, 2.24) is 0 Å². The molecule has 8 heteroatoms. The lowest BCUT2D eigenvalue weighted by Crippen LogP contribution is -2.55. The smallest absolute Gasteiger partial charge is 0.317 e. The number of nitrogens with zero attached hydrogens (tertiary/aromatic N) is 1. The molecule has 2 aliphatic carbocycles. The zero-order valence-electron chi connectivity index (χ0n) is 24.2. The number of esters is 1. The number of allylic oxidation sites excluding steroid dienone is 2. The second-order valence-corrected chi connectivity index (χ2v) is 12.6. The molecule has 0 unspecified atom stereocenters. The lowest BCUT2D eigenvalue weighted by molar-refractivity contribution is -0.162. The van der Waals surface area contributed by atoms with Crippen LogP contribution in [0.25, 0.3) is 0 Å². The van der Waals surface area contributed by atoms with Crippen molar-refractivity contribution >= 4 is 29.6 Å². The normalized spacial score (nSPS) is 28.0. The van der Waals surface area contributed by atoms with Gasteiger partial charge in [0, 0.05) is 30.5 Å². The van der Waals surface area contributed by atoms with Crippen molar-refractivity contribution in [3.63, 3.8) is 0 Å². The van der Waals surface area contributed by atoms with Gasteiger partial charge in [0.15, 0.2) is 5.78 Å². The molecule has 1 saturated carbocycles. The number of rotatable bonds is 4. The molecule has 0 N–H and O–H groups in total. The van der Waals surface area contributed by atoms with Gasteiger partial charge in [-0.15, -0.1) is 0 Å². The van der Waals surface area contributed by atoms with E-state index < -0.39 is 69.9 Å². The van der Waals surface area contributed by atoms with Gasteiger partial charge in [0.05, 0.1) is 5.41 Å². The molecule has 3 aromatic rings. The van der Waals surface area contributed by atoms with Gasteiger partial charge in [0.25, 0.3) is 0 Å². The summed E-state index contributed by atoms with van der Waals surface area (Å²) in [4.78, 5) is 57.8. The highest BCUT2D eigenvalue weighted by Crippen LogP contribution is 2.65. The van der Waals surface area contributed by atoms with E-state index in [1.165, 1.54) is 53.4 Å². The molecule has 0 bridgehead atoms. The van der Waals surface area contributed by atoms with Gasteiger partial charge < -0.3 is 9.64 Å². The van der Waals surface area contributed by atoms with Crippen molar-refractivity contribution in [2.45, 2.75) is 43.6 Å². The van der Waals surface area contributed by atoms with Crippen molar-refractivity contribution in [3.05, 3.63) is 113 Å². The Bertz CT molecular complexity index is 1670. The maximum Gasteiger partial charge on any atom is 0.317 e. The van der Waals surface area contributed by atoms with E-state index in [1.54, 1.807) is 58.2 Å². The Morgan fingerprint density at radius 3 is 2.07 bits per heavy atom. The quantitative estimate of drug-likeness (QED) is 0.225. The molecule has 3 aliphatic rings. The number of ether oxygens (including phenoxy) is 1. The standard InChI is InChI=1S/C35H31F2NO5/c1-34(2,3)43-32(41)28-27(19-9-13-22(36)14-10-19)24-17-21(18-39)29(20-11-15-23(37)16-12-20)35(30(24)31(28)40)25-7-5-6-8-26(25)38(4)33(35)42/h5-18,24,27-30H,1-4H3/t24-,27-,28+,29-,30+,35+/m1/s1. The van der Waals surface area contributed by atoms with Crippen LogP contribution in [0.1, 0.15) is 49.3 Å². The van der Waals surface area contributed by atoms with Crippen LogP contribution in [0, 0.1) is 29.4 Å². The van der Waals surface area contributed by atoms with E-state index in [2.05, 4.69) is 0 Å². The molecule has 6 rings (SSSR count). The second-order valence-electron chi connectivity index (χ2n) is 12.6. The number of carbonyl (C=O) groups excluding carboxylic acids is 4. The van der Waals surface area contributed by atoms with E-state index in [0.717, 1.165) is 0 Å². The molecule has 0 saturated heterocycles. The summed E-state index contributed by atoms with van der Waals surface area (Å²) in [5.41, 5.74) is -0.147. The van der Waals surface area contributed by atoms with Crippen LogP contribution in [-0.2, 0) is 29.3 Å². The first kappa shape index (κ1) is 28.6. The molecule has 43 heavy (non-hydrogen) atoms. The number of halogens is 2. The Hall–Kier alpha value is -4.46. The average Bonchev–Trinajstić information content (AvgIpc) is 3.38. The Morgan fingerprint density at radius 2 is 1.49 bits per heavy atom. The lowest BCUT2D eigenvalue weighted by atomic mass is 9.52. The number of likely N-dealkylation sites (N-methyl/N-ethyl adjacent to an activating group) is 1. The third-order valence-corrected chi connectivity index (χ3v) is 9.06. The number of fused-ring (bicyclic) bond motifs is 4. The number of carbonyl (C=O) groups is 4. The van der Waals surface area contributed by atoms with Gasteiger partial charge in [-0.05, 0) is 79.3 Å². The summed E-state index contributed by atoms with van der Waals surface area (Å²) in [5, 5.41) is 0. The largest absolute Gasteiger partial charge is 0.459 e. The lowest BCUT2D eigenvalue weighted by Gasteiger charge is -2.46. The van der Waals surface area contributed by atoms with E-state index in [-0.39, 0.29) is 5.57 Å². The van der Waals surface area contributed by atoms with Crippen molar-refractivity contribution < 1.29 is 32.7 Å². The minimum Gasteiger partial charge on any atom is -0.459 e. The molecule has 0 aromatic heterocycles. The molecule has 1 spiro atoms.